The predicted octanol–water partition coefficient (Wildman–Crippen LogP) is 4.51. The molecule has 3 heterocycles. The zero-order valence-corrected chi connectivity index (χ0v) is 18.1. The lowest BCUT2D eigenvalue weighted by Gasteiger charge is -2.09. The van der Waals surface area contributed by atoms with Gasteiger partial charge in [-0.1, -0.05) is 13.0 Å². The van der Waals surface area contributed by atoms with E-state index in [0.717, 1.165) is 29.5 Å². The van der Waals surface area contributed by atoms with Crippen LogP contribution in [0.5, 0.6) is 0 Å². The van der Waals surface area contributed by atoms with Crippen molar-refractivity contribution < 1.29 is 4.42 Å². The summed E-state index contributed by atoms with van der Waals surface area (Å²) in [4.78, 5) is 12.5. The minimum atomic E-state index is 0. The van der Waals surface area contributed by atoms with Crippen molar-refractivity contribution in [3.05, 3.63) is 51.4 Å². The van der Waals surface area contributed by atoms with E-state index < -0.39 is 0 Å². The summed E-state index contributed by atoms with van der Waals surface area (Å²) in [6, 6.07) is 8.33. The van der Waals surface area contributed by atoms with Gasteiger partial charge in [0, 0.05) is 16.8 Å². The molecule has 8 heteroatoms. The molecular formula is C17H21IN4OS2. The van der Waals surface area contributed by atoms with Gasteiger partial charge in [0.1, 0.15) is 6.26 Å². The van der Waals surface area contributed by atoms with Gasteiger partial charge in [-0.2, -0.15) is 0 Å². The van der Waals surface area contributed by atoms with Crippen LogP contribution in [0.2, 0.25) is 0 Å². The Morgan fingerprint density at radius 3 is 2.68 bits per heavy atom. The normalized spacial score (nSPS) is 11.2. The minimum Gasteiger partial charge on any atom is -0.443 e. The number of oxazole rings is 1. The van der Waals surface area contributed by atoms with Gasteiger partial charge in [-0.3, -0.25) is 4.99 Å². The summed E-state index contributed by atoms with van der Waals surface area (Å²) in [5.74, 6) is 1.41. The molecule has 0 aliphatic heterocycles. The second-order valence-corrected chi connectivity index (χ2v) is 7.32. The Hall–Kier alpha value is -1.39. The number of guanidine groups is 1. The molecule has 0 spiro atoms. The molecule has 3 aromatic heterocycles. The molecule has 2 N–H and O–H groups in total. The van der Waals surface area contributed by atoms with Crippen molar-refractivity contribution in [2.24, 2.45) is 4.99 Å². The molecule has 0 atom stereocenters. The SMILES string of the molecule is CCc1ccc(CNC(=NC)NCc2coc(-c3cccs3)n2)s1.I. The van der Waals surface area contributed by atoms with E-state index in [1.165, 1.54) is 9.75 Å². The molecule has 0 saturated carbocycles. The number of aliphatic imine (C=N–C) groups is 1. The highest BCUT2D eigenvalue weighted by Gasteiger charge is 2.08. The molecule has 0 aliphatic rings. The second-order valence-electron chi connectivity index (χ2n) is 5.12. The van der Waals surface area contributed by atoms with E-state index in [4.69, 9.17) is 4.42 Å². The molecule has 0 fully saturated rings. The first-order chi connectivity index (χ1) is 11.8. The van der Waals surface area contributed by atoms with Crippen LogP contribution in [0, 0.1) is 0 Å². The molecule has 0 unspecified atom stereocenters. The third kappa shape index (κ3) is 5.55. The average Bonchev–Trinajstić information content (AvgIpc) is 3.35. The van der Waals surface area contributed by atoms with Crippen molar-refractivity contribution in [2.75, 3.05) is 7.05 Å². The highest BCUT2D eigenvalue weighted by atomic mass is 127. The Kier molecular flexibility index (Phi) is 7.91. The molecule has 0 amide bonds. The summed E-state index contributed by atoms with van der Waals surface area (Å²) >= 11 is 3.45. The van der Waals surface area contributed by atoms with Gasteiger partial charge in [-0.05, 0) is 30.0 Å². The van der Waals surface area contributed by atoms with Crippen LogP contribution in [0.3, 0.4) is 0 Å². The molecule has 0 radical (unpaired) electrons. The quantitative estimate of drug-likeness (QED) is 0.305. The van der Waals surface area contributed by atoms with Gasteiger partial charge in [0.25, 0.3) is 0 Å². The fourth-order valence-corrected chi connectivity index (χ4v) is 3.73. The van der Waals surface area contributed by atoms with E-state index in [9.17, 15) is 0 Å². The van der Waals surface area contributed by atoms with Crippen molar-refractivity contribution >= 4 is 52.6 Å². The van der Waals surface area contributed by atoms with Crippen LogP contribution in [-0.4, -0.2) is 18.0 Å². The largest absolute Gasteiger partial charge is 0.443 e. The van der Waals surface area contributed by atoms with E-state index in [0.29, 0.717) is 12.4 Å². The Morgan fingerprint density at radius 2 is 2.00 bits per heavy atom. The van der Waals surface area contributed by atoms with E-state index in [1.54, 1.807) is 24.6 Å². The monoisotopic (exact) mass is 488 g/mol. The number of nitrogens with zero attached hydrogens (tertiary/aromatic N) is 2. The summed E-state index contributed by atoms with van der Waals surface area (Å²) in [5.41, 5.74) is 0.853. The van der Waals surface area contributed by atoms with Gasteiger partial charge >= 0.3 is 0 Å². The van der Waals surface area contributed by atoms with Gasteiger partial charge in [0.15, 0.2) is 5.96 Å². The molecule has 5 nitrogen and oxygen atoms in total. The highest BCUT2D eigenvalue weighted by molar-refractivity contribution is 14.0. The molecule has 134 valence electrons. The number of thiophene rings is 2. The standard InChI is InChI=1S/C17H20N4OS2.HI/c1-3-13-6-7-14(24-13)10-20-17(18-2)19-9-12-11-22-16(21-12)15-5-4-8-23-15;/h4-8,11H,3,9-10H2,1-2H3,(H2,18,19,20);1H. The smallest absolute Gasteiger partial charge is 0.236 e. The molecule has 0 aliphatic carbocycles. The highest BCUT2D eigenvalue weighted by Crippen LogP contribution is 2.23. The van der Waals surface area contributed by atoms with Gasteiger partial charge in [-0.25, -0.2) is 4.98 Å². The maximum atomic E-state index is 5.52. The summed E-state index contributed by atoms with van der Waals surface area (Å²) in [6.45, 7) is 3.51. The third-order valence-corrected chi connectivity index (χ3v) is 5.53. The predicted molar refractivity (Wildman–Crippen MR) is 116 cm³/mol. The molecular weight excluding hydrogens is 467 g/mol. The number of nitrogens with one attached hydrogen (secondary N) is 2. The van der Waals surface area contributed by atoms with E-state index in [1.807, 2.05) is 28.8 Å². The number of rotatable bonds is 6. The van der Waals surface area contributed by atoms with Crippen LogP contribution in [-0.2, 0) is 19.5 Å². The van der Waals surface area contributed by atoms with Crippen LogP contribution in [0.25, 0.3) is 10.8 Å². The molecule has 25 heavy (non-hydrogen) atoms. The van der Waals surface area contributed by atoms with Crippen LogP contribution >= 0.6 is 46.7 Å². The van der Waals surface area contributed by atoms with Gasteiger partial charge in [-0.15, -0.1) is 46.7 Å². The Morgan fingerprint density at radius 1 is 1.20 bits per heavy atom. The summed E-state index contributed by atoms with van der Waals surface area (Å²) < 4.78 is 5.52. The Balaban J connectivity index is 0.00000225. The second kappa shape index (κ2) is 9.93. The Bertz CT molecular complexity index is 795. The first kappa shape index (κ1) is 19.9. The zero-order chi connectivity index (χ0) is 16.8. The number of aromatic nitrogens is 1. The first-order valence-corrected chi connectivity index (χ1v) is 9.48. The van der Waals surface area contributed by atoms with Crippen molar-refractivity contribution in [2.45, 2.75) is 26.4 Å². The summed E-state index contributed by atoms with van der Waals surface area (Å²) in [7, 11) is 1.76. The van der Waals surface area contributed by atoms with Gasteiger partial charge in [0.05, 0.1) is 23.7 Å². The van der Waals surface area contributed by atoms with E-state index in [-0.39, 0.29) is 24.0 Å². The molecule has 0 bridgehead atoms. The Labute approximate surface area is 172 Å². The average molecular weight is 488 g/mol. The molecule has 0 aromatic carbocycles. The van der Waals surface area contributed by atoms with Crippen LogP contribution < -0.4 is 10.6 Å². The van der Waals surface area contributed by atoms with Crippen LogP contribution in [0.4, 0.5) is 0 Å². The van der Waals surface area contributed by atoms with Crippen molar-refractivity contribution in [1.82, 2.24) is 15.6 Å². The van der Waals surface area contributed by atoms with Crippen molar-refractivity contribution in [3.63, 3.8) is 0 Å². The lowest BCUT2D eigenvalue weighted by Crippen LogP contribution is -2.36. The fourth-order valence-electron chi connectivity index (χ4n) is 2.17. The topological polar surface area (TPSA) is 62.5 Å². The first-order valence-electron chi connectivity index (χ1n) is 7.79. The minimum absolute atomic E-state index is 0. The summed E-state index contributed by atoms with van der Waals surface area (Å²) in [6.07, 6.45) is 2.76. The van der Waals surface area contributed by atoms with Crippen molar-refractivity contribution in [1.29, 1.82) is 0 Å². The summed E-state index contributed by atoms with van der Waals surface area (Å²) in [5, 5.41) is 8.59. The number of hydrogen-bond acceptors (Lipinski definition) is 5. The zero-order valence-electron chi connectivity index (χ0n) is 14.1. The lowest BCUT2D eigenvalue weighted by atomic mass is 10.3. The molecule has 0 saturated heterocycles. The van der Waals surface area contributed by atoms with Crippen molar-refractivity contribution in [3.8, 4) is 10.8 Å². The van der Waals surface area contributed by atoms with E-state index >= 15 is 0 Å². The maximum absolute atomic E-state index is 5.52. The third-order valence-electron chi connectivity index (χ3n) is 3.44. The number of hydrogen-bond donors (Lipinski definition) is 2. The van der Waals surface area contributed by atoms with Gasteiger partial charge in [0.2, 0.25) is 5.89 Å². The lowest BCUT2D eigenvalue weighted by molar-refractivity contribution is 0.573. The fraction of sp³-hybridized carbons (Fsp3) is 0.294. The number of aryl methyl sites for hydroxylation is 1. The number of halogens is 1. The molecule has 3 aromatic rings. The van der Waals surface area contributed by atoms with Crippen LogP contribution in [0.15, 0.2) is 45.3 Å². The maximum Gasteiger partial charge on any atom is 0.236 e. The molecule has 3 rings (SSSR count). The van der Waals surface area contributed by atoms with Gasteiger partial charge < -0.3 is 15.1 Å². The van der Waals surface area contributed by atoms with Crippen LogP contribution in [0.1, 0.15) is 22.4 Å². The van der Waals surface area contributed by atoms with E-state index in [2.05, 4.69) is 39.7 Å².